The summed E-state index contributed by atoms with van der Waals surface area (Å²) in [5, 5.41) is 6.66. The molecular formula is C12H15N3. The molecule has 0 atom stereocenters. The molecular weight excluding hydrogens is 186 g/mol. The van der Waals surface area contributed by atoms with Gasteiger partial charge in [0.1, 0.15) is 5.82 Å². The predicted octanol–water partition coefficient (Wildman–Crippen LogP) is 2.53. The van der Waals surface area contributed by atoms with Crippen molar-refractivity contribution in [2.24, 2.45) is 0 Å². The fraction of sp³-hybridized carbons (Fsp3) is 0.250. The van der Waals surface area contributed by atoms with Crippen LogP contribution in [-0.4, -0.2) is 10.2 Å². The van der Waals surface area contributed by atoms with E-state index in [0.29, 0.717) is 5.82 Å². The van der Waals surface area contributed by atoms with Crippen LogP contribution in [0.2, 0.25) is 0 Å². The molecule has 15 heavy (non-hydrogen) atoms. The number of nitrogens with two attached hydrogens (primary N) is 1. The Labute approximate surface area is 89.3 Å². The van der Waals surface area contributed by atoms with Gasteiger partial charge in [0.05, 0.1) is 6.20 Å². The van der Waals surface area contributed by atoms with Crippen molar-refractivity contribution in [3.05, 3.63) is 35.5 Å². The number of hydrogen-bond acceptors (Lipinski definition) is 2. The summed E-state index contributed by atoms with van der Waals surface area (Å²) in [4.78, 5) is 0. The number of nitrogen functional groups attached to an aromatic ring is 1. The number of nitrogens with zero attached hydrogens (tertiary/aromatic N) is 1. The van der Waals surface area contributed by atoms with Gasteiger partial charge in [-0.3, -0.25) is 5.10 Å². The van der Waals surface area contributed by atoms with Crippen LogP contribution in [0.3, 0.4) is 0 Å². The van der Waals surface area contributed by atoms with E-state index in [1.165, 1.54) is 11.1 Å². The molecule has 0 amide bonds. The summed E-state index contributed by atoms with van der Waals surface area (Å²) < 4.78 is 0. The quantitative estimate of drug-likeness (QED) is 0.784. The molecule has 0 bridgehead atoms. The number of aromatic amines is 1. The van der Waals surface area contributed by atoms with Crippen molar-refractivity contribution >= 4 is 5.82 Å². The number of rotatable bonds is 2. The van der Waals surface area contributed by atoms with Crippen LogP contribution in [-0.2, 0) is 6.42 Å². The highest BCUT2D eigenvalue weighted by Crippen LogP contribution is 2.25. The maximum absolute atomic E-state index is 5.78. The molecule has 0 aliphatic rings. The van der Waals surface area contributed by atoms with Gasteiger partial charge in [0, 0.05) is 5.56 Å². The van der Waals surface area contributed by atoms with Gasteiger partial charge in [-0.1, -0.05) is 25.1 Å². The first-order valence-corrected chi connectivity index (χ1v) is 5.11. The standard InChI is InChI=1S/C12H15N3/c1-3-9-4-5-10(6-8(9)2)11-7-14-15-12(11)13/h4-7H,3H2,1-2H3,(H3,13,14,15). The van der Waals surface area contributed by atoms with E-state index in [1.807, 2.05) is 0 Å². The maximum Gasteiger partial charge on any atom is 0.126 e. The Bertz CT molecular complexity index is 471. The topological polar surface area (TPSA) is 54.7 Å². The van der Waals surface area contributed by atoms with Gasteiger partial charge in [-0.05, 0) is 30.0 Å². The molecule has 0 saturated carbocycles. The van der Waals surface area contributed by atoms with Crippen LogP contribution in [0.4, 0.5) is 5.82 Å². The molecule has 78 valence electrons. The largest absolute Gasteiger partial charge is 0.384 e. The Morgan fingerprint density at radius 1 is 1.40 bits per heavy atom. The van der Waals surface area contributed by atoms with Crippen molar-refractivity contribution in [3.63, 3.8) is 0 Å². The van der Waals surface area contributed by atoms with E-state index in [-0.39, 0.29) is 0 Å². The molecule has 1 aromatic carbocycles. The van der Waals surface area contributed by atoms with Gasteiger partial charge in [0.2, 0.25) is 0 Å². The third-order valence-electron chi connectivity index (χ3n) is 2.70. The van der Waals surface area contributed by atoms with Crippen molar-refractivity contribution in [1.82, 2.24) is 10.2 Å². The van der Waals surface area contributed by atoms with Crippen LogP contribution >= 0.6 is 0 Å². The number of aryl methyl sites for hydroxylation is 2. The van der Waals surface area contributed by atoms with Crippen LogP contribution in [0.25, 0.3) is 11.1 Å². The Kier molecular flexibility index (Phi) is 2.46. The minimum absolute atomic E-state index is 0.624. The summed E-state index contributed by atoms with van der Waals surface area (Å²) in [6.07, 6.45) is 2.82. The van der Waals surface area contributed by atoms with Crippen LogP contribution in [0.5, 0.6) is 0 Å². The van der Waals surface area contributed by atoms with Crippen molar-refractivity contribution < 1.29 is 0 Å². The van der Waals surface area contributed by atoms with Crippen LogP contribution < -0.4 is 5.73 Å². The van der Waals surface area contributed by atoms with Gasteiger partial charge in [0.25, 0.3) is 0 Å². The average molecular weight is 201 g/mol. The van der Waals surface area contributed by atoms with E-state index in [9.17, 15) is 0 Å². The molecule has 3 N–H and O–H groups in total. The third kappa shape index (κ3) is 1.73. The SMILES string of the molecule is CCc1ccc(-c2cn[nH]c2N)cc1C. The lowest BCUT2D eigenvalue weighted by Gasteiger charge is -2.05. The Hall–Kier alpha value is -1.77. The molecule has 0 fully saturated rings. The van der Waals surface area contributed by atoms with Gasteiger partial charge in [-0.25, -0.2) is 0 Å². The Morgan fingerprint density at radius 3 is 2.73 bits per heavy atom. The summed E-state index contributed by atoms with van der Waals surface area (Å²) in [7, 11) is 0. The molecule has 3 heteroatoms. The van der Waals surface area contributed by atoms with Crippen LogP contribution in [0.15, 0.2) is 24.4 Å². The smallest absolute Gasteiger partial charge is 0.126 e. The number of aromatic nitrogens is 2. The lowest BCUT2D eigenvalue weighted by Crippen LogP contribution is -1.90. The molecule has 1 aromatic heterocycles. The van der Waals surface area contributed by atoms with Crippen molar-refractivity contribution in [3.8, 4) is 11.1 Å². The first-order chi connectivity index (χ1) is 7.22. The van der Waals surface area contributed by atoms with Gasteiger partial charge in [-0.15, -0.1) is 0 Å². The van der Waals surface area contributed by atoms with E-state index < -0.39 is 0 Å². The van der Waals surface area contributed by atoms with Crippen LogP contribution in [0, 0.1) is 6.92 Å². The van der Waals surface area contributed by atoms with Crippen molar-refractivity contribution in [2.75, 3.05) is 5.73 Å². The highest BCUT2D eigenvalue weighted by molar-refractivity contribution is 5.73. The van der Waals surface area contributed by atoms with E-state index in [1.54, 1.807) is 6.20 Å². The molecule has 0 aliphatic carbocycles. The third-order valence-corrected chi connectivity index (χ3v) is 2.70. The fourth-order valence-electron chi connectivity index (χ4n) is 1.79. The molecule has 0 unspecified atom stereocenters. The monoisotopic (exact) mass is 201 g/mol. The molecule has 0 radical (unpaired) electrons. The Morgan fingerprint density at radius 2 is 2.20 bits per heavy atom. The summed E-state index contributed by atoms with van der Waals surface area (Å²) in [6.45, 7) is 4.28. The first-order valence-electron chi connectivity index (χ1n) is 5.11. The lowest BCUT2D eigenvalue weighted by atomic mass is 10.0. The van der Waals surface area contributed by atoms with Gasteiger partial charge in [-0.2, -0.15) is 5.10 Å². The summed E-state index contributed by atoms with van der Waals surface area (Å²) >= 11 is 0. The Balaban J connectivity index is 2.47. The zero-order chi connectivity index (χ0) is 10.8. The molecule has 2 rings (SSSR count). The zero-order valence-corrected chi connectivity index (χ0v) is 9.04. The second-order valence-electron chi connectivity index (χ2n) is 3.69. The normalized spacial score (nSPS) is 10.5. The number of nitrogens with one attached hydrogen (secondary N) is 1. The number of anilines is 1. The summed E-state index contributed by atoms with van der Waals surface area (Å²) in [5.74, 6) is 0.624. The van der Waals surface area contributed by atoms with Gasteiger partial charge < -0.3 is 5.73 Å². The number of benzene rings is 1. The molecule has 0 saturated heterocycles. The summed E-state index contributed by atoms with van der Waals surface area (Å²) in [5.41, 5.74) is 10.5. The second kappa shape index (κ2) is 3.77. The van der Waals surface area contributed by atoms with Crippen molar-refractivity contribution in [1.29, 1.82) is 0 Å². The minimum Gasteiger partial charge on any atom is -0.384 e. The fourth-order valence-corrected chi connectivity index (χ4v) is 1.79. The highest BCUT2D eigenvalue weighted by Gasteiger charge is 2.05. The zero-order valence-electron chi connectivity index (χ0n) is 9.04. The summed E-state index contributed by atoms with van der Waals surface area (Å²) in [6, 6.07) is 6.39. The van der Waals surface area contributed by atoms with E-state index in [4.69, 9.17) is 5.73 Å². The van der Waals surface area contributed by atoms with Gasteiger partial charge in [0.15, 0.2) is 0 Å². The predicted molar refractivity (Wildman–Crippen MR) is 62.6 cm³/mol. The first kappa shape index (κ1) is 9.77. The van der Waals surface area contributed by atoms with Crippen LogP contribution in [0.1, 0.15) is 18.1 Å². The van der Waals surface area contributed by atoms with E-state index in [0.717, 1.165) is 17.5 Å². The average Bonchev–Trinajstić information content (AvgIpc) is 2.64. The highest BCUT2D eigenvalue weighted by atomic mass is 15.1. The van der Waals surface area contributed by atoms with Gasteiger partial charge >= 0.3 is 0 Å². The number of hydrogen-bond donors (Lipinski definition) is 2. The van der Waals surface area contributed by atoms with E-state index in [2.05, 4.69) is 42.2 Å². The molecule has 1 heterocycles. The van der Waals surface area contributed by atoms with Crippen molar-refractivity contribution in [2.45, 2.75) is 20.3 Å². The molecule has 0 spiro atoms. The van der Waals surface area contributed by atoms with E-state index >= 15 is 0 Å². The molecule has 0 aliphatic heterocycles. The molecule has 3 nitrogen and oxygen atoms in total. The maximum atomic E-state index is 5.78. The minimum atomic E-state index is 0.624. The molecule has 2 aromatic rings. The number of H-pyrrole nitrogens is 1. The lowest BCUT2D eigenvalue weighted by molar-refractivity contribution is 1.10. The second-order valence-corrected chi connectivity index (χ2v) is 3.69.